The minimum absolute atomic E-state index is 0.170. The Balaban J connectivity index is 3.43. The van der Waals surface area contributed by atoms with Crippen molar-refractivity contribution in [2.75, 3.05) is 14.1 Å². The van der Waals surface area contributed by atoms with E-state index in [9.17, 15) is 13.2 Å². The number of aromatic amines is 1. The summed E-state index contributed by atoms with van der Waals surface area (Å²) < 4.78 is 22.7. The van der Waals surface area contributed by atoms with Crippen LogP contribution in [-0.2, 0) is 15.5 Å². The smallest absolute Gasteiger partial charge is 0.275 e. The number of carbonyl (C=O) groups is 1. The van der Waals surface area contributed by atoms with E-state index in [1.807, 2.05) is 0 Å². The average molecular weight is 266 g/mol. The van der Waals surface area contributed by atoms with Gasteiger partial charge in [-0.25, -0.2) is 8.42 Å². The molecule has 1 N–H and O–H groups in total. The molecule has 1 rings (SSSR count). The van der Waals surface area contributed by atoms with Crippen LogP contribution in [0.15, 0.2) is 4.90 Å². The molecule has 1 heterocycles. The lowest BCUT2D eigenvalue weighted by Gasteiger charge is -2.08. The van der Waals surface area contributed by atoms with Gasteiger partial charge < -0.3 is 4.90 Å². The van der Waals surface area contributed by atoms with Gasteiger partial charge in [0.2, 0.25) is 0 Å². The maximum atomic E-state index is 11.7. The number of rotatable bonds is 3. The van der Waals surface area contributed by atoms with Crippen LogP contribution in [0.3, 0.4) is 0 Å². The molecule has 0 aliphatic heterocycles. The molecule has 0 atom stereocenters. The summed E-state index contributed by atoms with van der Waals surface area (Å²) in [4.78, 5) is 12.7. The van der Waals surface area contributed by atoms with Crippen LogP contribution < -0.4 is 0 Å². The number of hydrogen-bond acceptors (Lipinski definition) is 4. The van der Waals surface area contributed by atoms with Crippen LogP contribution in [0, 0.1) is 0 Å². The van der Waals surface area contributed by atoms with Crippen molar-refractivity contribution in [1.29, 1.82) is 0 Å². The van der Waals surface area contributed by atoms with Crippen molar-refractivity contribution in [3.05, 3.63) is 11.4 Å². The molecule has 0 aromatic carbocycles. The van der Waals surface area contributed by atoms with Crippen molar-refractivity contribution < 1.29 is 13.2 Å². The number of aryl methyl sites for hydroxylation is 1. The second-order valence-corrected chi connectivity index (χ2v) is 5.87. The Morgan fingerprint density at radius 1 is 1.50 bits per heavy atom. The van der Waals surface area contributed by atoms with Gasteiger partial charge in [-0.15, -0.1) is 0 Å². The van der Waals surface area contributed by atoms with E-state index in [0.717, 1.165) is 0 Å². The van der Waals surface area contributed by atoms with E-state index >= 15 is 0 Å². The molecule has 8 heteroatoms. The van der Waals surface area contributed by atoms with Crippen molar-refractivity contribution in [3.8, 4) is 0 Å². The van der Waals surface area contributed by atoms with Gasteiger partial charge in [0.25, 0.3) is 15.0 Å². The lowest BCUT2D eigenvalue weighted by Crippen LogP contribution is -2.23. The Hall–Kier alpha value is -1.08. The Bertz CT molecular complexity index is 507. The molecule has 1 aromatic rings. The number of carbonyl (C=O) groups excluding carboxylic acids is 1. The minimum Gasteiger partial charge on any atom is -0.343 e. The maximum Gasteiger partial charge on any atom is 0.275 e. The quantitative estimate of drug-likeness (QED) is 0.812. The molecular formula is C8H12ClN3O3S. The fourth-order valence-corrected chi connectivity index (χ4v) is 2.57. The summed E-state index contributed by atoms with van der Waals surface area (Å²) in [6, 6.07) is 0. The molecular weight excluding hydrogens is 254 g/mol. The van der Waals surface area contributed by atoms with E-state index in [2.05, 4.69) is 10.2 Å². The van der Waals surface area contributed by atoms with Gasteiger partial charge in [0.1, 0.15) is 4.90 Å². The molecule has 0 bridgehead atoms. The lowest BCUT2D eigenvalue weighted by atomic mass is 10.3. The molecule has 0 spiro atoms. The molecule has 16 heavy (non-hydrogen) atoms. The predicted molar refractivity (Wildman–Crippen MR) is 59.0 cm³/mol. The molecule has 1 amide bonds. The summed E-state index contributed by atoms with van der Waals surface area (Å²) in [5, 5.41) is 6.20. The first-order valence-corrected chi connectivity index (χ1v) is 6.83. The van der Waals surface area contributed by atoms with Crippen LogP contribution in [0.4, 0.5) is 0 Å². The highest BCUT2D eigenvalue weighted by molar-refractivity contribution is 8.13. The Kier molecular flexibility index (Phi) is 3.59. The third-order valence-electron chi connectivity index (χ3n) is 2.00. The molecule has 6 nitrogen and oxygen atoms in total. The Morgan fingerprint density at radius 2 is 2.06 bits per heavy atom. The normalized spacial score (nSPS) is 11.5. The van der Waals surface area contributed by atoms with Crippen LogP contribution in [-0.4, -0.2) is 43.5 Å². The van der Waals surface area contributed by atoms with Crippen LogP contribution in [0.2, 0.25) is 0 Å². The van der Waals surface area contributed by atoms with Gasteiger partial charge in [0.05, 0.1) is 5.69 Å². The van der Waals surface area contributed by atoms with Gasteiger partial charge >= 0.3 is 0 Å². The van der Waals surface area contributed by atoms with Gasteiger partial charge in [-0.05, 0) is 6.42 Å². The maximum absolute atomic E-state index is 11.7. The van der Waals surface area contributed by atoms with Crippen molar-refractivity contribution in [3.63, 3.8) is 0 Å². The van der Waals surface area contributed by atoms with Crippen LogP contribution in [0.5, 0.6) is 0 Å². The van der Waals surface area contributed by atoms with Crippen molar-refractivity contribution in [1.82, 2.24) is 15.1 Å². The SMILES string of the molecule is CCc1[nH]nc(C(=O)N(C)C)c1S(=O)(=O)Cl. The van der Waals surface area contributed by atoms with E-state index in [4.69, 9.17) is 10.7 Å². The molecule has 90 valence electrons. The number of halogens is 1. The minimum atomic E-state index is -3.98. The van der Waals surface area contributed by atoms with Crippen molar-refractivity contribution >= 4 is 25.6 Å². The standard InChI is InChI=1S/C8H12ClN3O3S/c1-4-5-7(16(9,14)15)6(11-10-5)8(13)12(2)3/h4H2,1-3H3,(H,10,11). The van der Waals surface area contributed by atoms with Gasteiger partial charge in [-0.1, -0.05) is 6.92 Å². The largest absolute Gasteiger partial charge is 0.343 e. The number of H-pyrrole nitrogens is 1. The van der Waals surface area contributed by atoms with E-state index in [1.165, 1.54) is 19.0 Å². The van der Waals surface area contributed by atoms with Crippen LogP contribution in [0.1, 0.15) is 23.1 Å². The number of aromatic nitrogens is 2. The van der Waals surface area contributed by atoms with E-state index in [0.29, 0.717) is 12.1 Å². The monoisotopic (exact) mass is 265 g/mol. The highest BCUT2D eigenvalue weighted by atomic mass is 35.7. The number of amides is 1. The van der Waals surface area contributed by atoms with Gasteiger partial charge in [-0.2, -0.15) is 5.10 Å². The molecule has 0 saturated carbocycles. The second kappa shape index (κ2) is 4.42. The molecule has 0 unspecified atom stereocenters. The molecule has 0 radical (unpaired) electrons. The predicted octanol–water partition coefficient (Wildman–Crippen LogP) is 0.601. The summed E-state index contributed by atoms with van der Waals surface area (Å²) in [6.07, 6.45) is 0.398. The summed E-state index contributed by atoms with van der Waals surface area (Å²) >= 11 is 0. The highest BCUT2D eigenvalue weighted by Gasteiger charge is 2.28. The van der Waals surface area contributed by atoms with Gasteiger partial charge in [0, 0.05) is 24.8 Å². The summed E-state index contributed by atoms with van der Waals surface area (Å²) in [5.41, 5.74) is 0.164. The molecule has 0 fully saturated rings. The first kappa shape index (κ1) is 13.0. The molecule has 0 saturated heterocycles. The third-order valence-corrected chi connectivity index (χ3v) is 3.39. The fraction of sp³-hybridized carbons (Fsp3) is 0.500. The van der Waals surface area contributed by atoms with Crippen LogP contribution in [0.25, 0.3) is 0 Å². The van der Waals surface area contributed by atoms with Crippen molar-refractivity contribution in [2.45, 2.75) is 18.2 Å². The summed E-state index contributed by atoms with van der Waals surface area (Å²) in [6.45, 7) is 1.74. The second-order valence-electron chi connectivity index (χ2n) is 3.37. The molecule has 1 aromatic heterocycles. The zero-order valence-electron chi connectivity index (χ0n) is 9.11. The number of nitrogens with one attached hydrogen (secondary N) is 1. The number of nitrogens with zero attached hydrogens (tertiary/aromatic N) is 2. The fourth-order valence-electron chi connectivity index (χ4n) is 1.23. The number of hydrogen-bond donors (Lipinski definition) is 1. The van der Waals surface area contributed by atoms with E-state index in [1.54, 1.807) is 6.92 Å². The molecule has 0 aliphatic rings. The molecule has 0 aliphatic carbocycles. The topological polar surface area (TPSA) is 83.1 Å². The first-order chi connectivity index (χ1) is 7.29. The Labute approximate surface area is 98.0 Å². The van der Waals surface area contributed by atoms with E-state index < -0.39 is 15.0 Å². The summed E-state index contributed by atoms with van der Waals surface area (Å²) in [7, 11) is 4.31. The van der Waals surface area contributed by atoms with E-state index in [-0.39, 0.29) is 10.6 Å². The Morgan fingerprint density at radius 3 is 2.44 bits per heavy atom. The first-order valence-electron chi connectivity index (χ1n) is 4.52. The lowest BCUT2D eigenvalue weighted by molar-refractivity contribution is 0.0818. The summed E-state index contributed by atoms with van der Waals surface area (Å²) in [5.74, 6) is -0.504. The van der Waals surface area contributed by atoms with Gasteiger partial charge in [0.15, 0.2) is 5.69 Å². The van der Waals surface area contributed by atoms with Gasteiger partial charge in [-0.3, -0.25) is 9.89 Å². The third kappa shape index (κ3) is 2.35. The zero-order valence-corrected chi connectivity index (χ0v) is 10.7. The van der Waals surface area contributed by atoms with Crippen LogP contribution >= 0.6 is 10.7 Å². The van der Waals surface area contributed by atoms with Crippen molar-refractivity contribution in [2.24, 2.45) is 0 Å². The highest BCUT2D eigenvalue weighted by Crippen LogP contribution is 2.23. The zero-order chi connectivity index (χ0) is 12.5. The average Bonchev–Trinajstić information content (AvgIpc) is 2.58.